The molecule has 2 aliphatic heterocycles. The first-order valence-corrected chi connectivity index (χ1v) is 8.39. The molecule has 0 bridgehead atoms. The standard InChI is InChI=1S/C15H13ClN2O4S/c1-2-22-12(20)11(19)18-13(21)15(8-16)14(18)23-10(17-15)9-6-4-3-5-7-9/h3-7,14H,2,8H2,1H3. The van der Waals surface area contributed by atoms with Gasteiger partial charge in [0.2, 0.25) is 0 Å². The summed E-state index contributed by atoms with van der Waals surface area (Å²) in [5.74, 6) is -2.63. The van der Waals surface area contributed by atoms with Crippen LogP contribution in [0.5, 0.6) is 0 Å². The third kappa shape index (κ3) is 2.35. The van der Waals surface area contributed by atoms with Gasteiger partial charge in [0.15, 0.2) is 5.54 Å². The number of nitrogens with zero attached hydrogens (tertiary/aromatic N) is 2. The van der Waals surface area contributed by atoms with Crippen molar-refractivity contribution in [2.45, 2.75) is 17.8 Å². The zero-order valence-electron chi connectivity index (χ0n) is 12.2. The van der Waals surface area contributed by atoms with Gasteiger partial charge in [-0.3, -0.25) is 19.5 Å². The second kappa shape index (κ2) is 5.98. The number of esters is 1. The molecule has 6 nitrogen and oxygen atoms in total. The molecular weight excluding hydrogens is 340 g/mol. The lowest BCUT2D eigenvalue weighted by atomic mass is 9.90. The van der Waals surface area contributed by atoms with E-state index in [1.807, 2.05) is 30.3 Å². The van der Waals surface area contributed by atoms with E-state index in [4.69, 9.17) is 11.6 Å². The normalized spacial score (nSPS) is 25.5. The van der Waals surface area contributed by atoms with Crippen LogP contribution in [0.1, 0.15) is 12.5 Å². The number of carbonyl (C=O) groups is 3. The molecule has 0 aromatic heterocycles. The first-order chi connectivity index (χ1) is 11.0. The van der Waals surface area contributed by atoms with Crippen molar-refractivity contribution in [3.8, 4) is 0 Å². The van der Waals surface area contributed by atoms with Gasteiger partial charge in [-0.05, 0) is 6.92 Å². The van der Waals surface area contributed by atoms with E-state index in [1.54, 1.807) is 6.92 Å². The average Bonchev–Trinajstić information content (AvgIpc) is 2.91. The van der Waals surface area contributed by atoms with Gasteiger partial charge in [0, 0.05) is 5.56 Å². The molecule has 0 radical (unpaired) electrons. The number of imide groups is 1. The Hall–Kier alpha value is -1.86. The van der Waals surface area contributed by atoms with Crippen molar-refractivity contribution in [3.63, 3.8) is 0 Å². The van der Waals surface area contributed by atoms with Crippen LogP contribution in [-0.4, -0.2) is 51.1 Å². The van der Waals surface area contributed by atoms with Gasteiger partial charge in [-0.15, -0.1) is 11.6 Å². The molecule has 0 saturated carbocycles. The molecule has 2 amide bonds. The fourth-order valence-corrected chi connectivity index (χ4v) is 4.33. The predicted molar refractivity (Wildman–Crippen MR) is 86.3 cm³/mol. The topological polar surface area (TPSA) is 76.0 Å². The molecule has 2 heterocycles. The number of benzene rings is 1. The highest BCUT2D eigenvalue weighted by molar-refractivity contribution is 8.15. The largest absolute Gasteiger partial charge is 0.459 e. The third-order valence-corrected chi connectivity index (χ3v) is 5.43. The van der Waals surface area contributed by atoms with Crippen molar-refractivity contribution < 1.29 is 19.1 Å². The molecule has 2 aliphatic rings. The molecule has 3 rings (SSSR count). The molecule has 1 fully saturated rings. The number of fused-ring (bicyclic) bond motifs is 1. The maximum atomic E-state index is 12.4. The van der Waals surface area contributed by atoms with Crippen LogP contribution < -0.4 is 0 Å². The van der Waals surface area contributed by atoms with E-state index < -0.39 is 28.7 Å². The van der Waals surface area contributed by atoms with Gasteiger partial charge in [-0.25, -0.2) is 4.79 Å². The lowest BCUT2D eigenvalue weighted by Gasteiger charge is -2.46. The lowest BCUT2D eigenvalue weighted by molar-refractivity contribution is -0.172. The van der Waals surface area contributed by atoms with Crippen molar-refractivity contribution in [2.24, 2.45) is 4.99 Å². The fourth-order valence-electron chi connectivity index (χ4n) is 2.49. The zero-order valence-corrected chi connectivity index (χ0v) is 13.8. The molecule has 8 heteroatoms. The van der Waals surface area contributed by atoms with E-state index in [1.165, 1.54) is 11.8 Å². The minimum absolute atomic E-state index is 0.0492. The van der Waals surface area contributed by atoms with Gasteiger partial charge in [0.1, 0.15) is 10.4 Å². The number of rotatable bonds is 3. The van der Waals surface area contributed by atoms with E-state index in [0.29, 0.717) is 5.04 Å². The average molecular weight is 353 g/mol. The van der Waals surface area contributed by atoms with Gasteiger partial charge < -0.3 is 4.74 Å². The SMILES string of the molecule is CCOC(=O)C(=O)N1C(=O)C2(CCl)N=C(c3ccccc3)SC12. The van der Waals surface area contributed by atoms with Crippen molar-refractivity contribution in [1.29, 1.82) is 0 Å². The number of halogens is 1. The number of hydrogen-bond acceptors (Lipinski definition) is 6. The number of ether oxygens (including phenoxy) is 1. The molecule has 0 aliphatic carbocycles. The molecule has 1 aromatic carbocycles. The van der Waals surface area contributed by atoms with Gasteiger partial charge in [0.25, 0.3) is 5.91 Å². The van der Waals surface area contributed by atoms with Crippen LogP contribution in [0.25, 0.3) is 0 Å². The van der Waals surface area contributed by atoms with E-state index in [9.17, 15) is 14.4 Å². The molecule has 0 N–H and O–H groups in total. The first-order valence-electron chi connectivity index (χ1n) is 6.97. The molecular formula is C15H13ClN2O4S. The Morgan fingerprint density at radius 1 is 1.39 bits per heavy atom. The van der Waals surface area contributed by atoms with Gasteiger partial charge >= 0.3 is 11.9 Å². The van der Waals surface area contributed by atoms with E-state index in [2.05, 4.69) is 9.73 Å². The van der Waals surface area contributed by atoms with Crippen LogP contribution in [0.2, 0.25) is 0 Å². The quantitative estimate of drug-likeness (QED) is 0.356. The summed E-state index contributed by atoms with van der Waals surface area (Å²) in [4.78, 5) is 41.5. The summed E-state index contributed by atoms with van der Waals surface area (Å²) >= 11 is 7.21. The smallest absolute Gasteiger partial charge is 0.397 e. The molecule has 23 heavy (non-hydrogen) atoms. The Morgan fingerprint density at radius 3 is 2.70 bits per heavy atom. The molecule has 1 aromatic rings. The minimum atomic E-state index is -1.18. The number of carbonyl (C=O) groups excluding carboxylic acids is 3. The number of thioether (sulfide) groups is 1. The summed E-state index contributed by atoms with van der Waals surface area (Å²) in [6.45, 7) is 1.66. The van der Waals surface area contributed by atoms with E-state index in [-0.39, 0.29) is 12.5 Å². The fraction of sp³-hybridized carbons (Fsp3) is 0.333. The van der Waals surface area contributed by atoms with E-state index >= 15 is 0 Å². The monoisotopic (exact) mass is 352 g/mol. The summed E-state index contributed by atoms with van der Waals surface area (Å²) in [6.07, 6.45) is 0. The Balaban J connectivity index is 1.87. The Morgan fingerprint density at radius 2 is 2.09 bits per heavy atom. The summed E-state index contributed by atoms with van der Waals surface area (Å²) in [5, 5.41) is 0.0170. The van der Waals surface area contributed by atoms with Crippen molar-refractivity contribution in [3.05, 3.63) is 35.9 Å². The Kier molecular flexibility index (Phi) is 4.16. The third-order valence-electron chi connectivity index (χ3n) is 3.65. The van der Waals surface area contributed by atoms with Gasteiger partial charge in [0.05, 0.1) is 12.5 Å². The highest BCUT2D eigenvalue weighted by Gasteiger charge is 2.67. The van der Waals surface area contributed by atoms with Gasteiger partial charge in [-0.2, -0.15) is 0 Å². The summed E-state index contributed by atoms with van der Waals surface area (Å²) < 4.78 is 4.67. The number of amides is 2. The maximum absolute atomic E-state index is 12.4. The van der Waals surface area contributed by atoms with Crippen molar-refractivity contribution >= 4 is 46.2 Å². The molecule has 0 spiro atoms. The lowest BCUT2D eigenvalue weighted by Crippen LogP contribution is -2.73. The number of hydrogen-bond donors (Lipinski definition) is 0. The summed E-state index contributed by atoms with van der Waals surface area (Å²) in [5.41, 5.74) is -0.341. The molecule has 120 valence electrons. The van der Waals surface area contributed by atoms with Crippen LogP contribution in [0.4, 0.5) is 0 Å². The number of alkyl halides is 1. The number of aliphatic imine (C=N–C) groups is 1. The second-order valence-corrected chi connectivity index (χ2v) is 6.35. The number of likely N-dealkylation sites (tertiary alicyclic amines) is 1. The molecule has 2 unspecified atom stereocenters. The highest BCUT2D eigenvalue weighted by atomic mass is 35.5. The summed E-state index contributed by atoms with van der Waals surface area (Å²) in [6, 6.07) is 9.31. The Bertz CT molecular complexity index is 709. The van der Waals surface area contributed by atoms with Crippen LogP contribution in [0.3, 0.4) is 0 Å². The van der Waals surface area contributed by atoms with Crippen LogP contribution >= 0.6 is 23.4 Å². The van der Waals surface area contributed by atoms with Crippen LogP contribution in [-0.2, 0) is 19.1 Å². The van der Waals surface area contributed by atoms with Crippen molar-refractivity contribution in [1.82, 2.24) is 4.90 Å². The number of β-lactam (4-membered cyclic amide) rings is 1. The van der Waals surface area contributed by atoms with Crippen LogP contribution in [0, 0.1) is 0 Å². The minimum Gasteiger partial charge on any atom is -0.459 e. The molecule has 2 atom stereocenters. The van der Waals surface area contributed by atoms with E-state index in [0.717, 1.165) is 10.5 Å². The maximum Gasteiger partial charge on any atom is 0.397 e. The Labute approximate surface area is 141 Å². The second-order valence-electron chi connectivity index (χ2n) is 5.01. The molecule has 1 saturated heterocycles. The van der Waals surface area contributed by atoms with Gasteiger partial charge in [-0.1, -0.05) is 42.1 Å². The van der Waals surface area contributed by atoms with Crippen molar-refractivity contribution in [2.75, 3.05) is 12.5 Å². The summed E-state index contributed by atoms with van der Waals surface area (Å²) in [7, 11) is 0. The first kappa shape index (κ1) is 16.0. The van der Waals surface area contributed by atoms with Crippen LogP contribution in [0.15, 0.2) is 35.3 Å². The zero-order chi connectivity index (χ0) is 16.6. The predicted octanol–water partition coefficient (Wildman–Crippen LogP) is 1.42. The highest BCUT2D eigenvalue weighted by Crippen LogP contribution is 2.49.